The normalized spacial score (nSPS) is 27.4. The fourth-order valence-electron chi connectivity index (χ4n) is 3.92. The highest BCUT2D eigenvalue weighted by Crippen LogP contribution is 2.27. The van der Waals surface area contributed by atoms with Crippen LogP contribution in [0.4, 0.5) is 0 Å². The zero-order chi connectivity index (χ0) is 14.9. The van der Waals surface area contributed by atoms with Gasteiger partial charge in [0.05, 0.1) is 0 Å². The first kappa shape index (κ1) is 16.8. The molecule has 0 aromatic heterocycles. The summed E-state index contributed by atoms with van der Waals surface area (Å²) in [6.45, 7) is 5.14. The fourth-order valence-corrected chi connectivity index (χ4v) is 3.92. The summed E-state index contributed by atoms with van der Waals surface area (Å²) >= 11 is 0. The summed E-state index contributed by atoms with van der Waals surface area (Å²) in [7, 11) is 0. The smallest absolute Gasteiger partial charge is 0.223 e. The number of nitrogens with zero attached hydrogens (tertiary/aromatic N) is 1. The molecule has 0 radical (unpaired) electrons. The molecule has 0 aromatic carbocycles. The van der Waals surface area contributed by atoms with E-state index in [9.17, 15) is 4.79 Å². The molecule has 1 saturated heterocycles. The lowest BCUT2D eigenvalue weighted by Gasteiger charge is -2.29. The minimum atomic E-state index is 0.365. The Morgan fingerprint density at radius 3 is 2.33 bits per heavy atom. The molecule has 0 unspecified atom stereocenters. The molecule has 122 valence electrons. The minimum Gasteiger partial charge on any atom is -0.343 e. The molecule has 0 atom stereocenters. The van der Waals surface area contributed by atoms with Crippen LogP contribution in [0.15, 0.2) is 0 Å². The van der Waals surface area contributed by atoms with Crippen LogP contribution in [0.2, 0.25) is 0 Å². The molecule has 1 heterocycles. The number of rotatable bonds is 6. The lowest BCUT2D eigenvalue weighted by Crippen LogP contribution is -2.38. The van der Waals surface area contributed by atoms with Crippen molar-refractivity contribution in [2.75, 3.05) is 19.6 Å². The summed E-state index contributed by atoms with van der Waals surface area (Å²) in [5.74, 6) is 1.33. The molecule has 2 rings (SSSR count). The van der Waals surface area contributed by atoms with Crippen molar-refractivity contribution in [1.29, 1.82) is 0 Å². The highest BCUT2D eigenvalue weighted by Gasteiger charge is 2.21. The van der Waals surface area contributed by atoms with E-state index in [1.165, 1.54) is 64.2 Å². The zero-order valence-corrected chi connectivity index (χ0v) is 13.9. The Morgan fingerprint density at radius 1 is 1.05 bits per heavy atom. The van der Waals surface area contributed by atoms with Gasteiger partial charge in [-0.3, -0.25) is 4.79 Å². The Bertz CT molecular complexity index is 290. The van der Waals surface area contributed by atoms with Gasteiger partial charge in [0.2, 0.25) is 5.91 Å². The molecule has 3 nitrogen and oxygen atoms in total. The van der Waals surface area contributed by atoms with Crippen LogP contribution in [0.1, 0.15) is 77.6 Å². The van der Waals surface area contributed by atoms with Crippen LogP contribution >= 0.6 is 0 Å². The molecular formula is C18H34N2O. The van der Waals surface area contributed by atoms with E-state index < -0.39 is 0 Å². The first-order chi connectivity index (χ1) is 10.3. The van der Waals surface area contributed by atoms with E-state index in [4.69, 9.17) is 0 Å². The molecule has 21 heavy (non-hydrogen) atoms. The molecule has 0 bridgehead atoms. The second kappa shape index (κ2) is 9.45. The zero-order valence-electron chi connectivity index (χ0n) is 13.9. The summed E-state index contributed by atoms with van der Waals surface area (Å²) in [6.07, 6.45) is 13.8. The number of hydrogen-bond acceptors (Lipinski definition) is 2. The molecule has 2 aliphatic rings. The Morgan fingerprint density at radius 2 is 1.71 bits per heavy atom. The van der Waals surface area contributed by atoms with E-state index in [1.54, 1.807) is 0 Å². The van der Waals surface area contributed by atoms with Gasteiger partial charge in [-0.05, 0) is 44.4 Å². The summed E-state index contributed by atoms with van der Waals surface area (Å²) in [4.78, 5) is 14.3. The Hall–Kier alpha value is -0.570. The van der Waals surface area contributed by atoms with Crippen molar-refractivity contribution in [1.82, 2.24) is 10.2 Å². The van der Waals surface area contributed by atoms with Gasteiger partial charge in [0.1, 0.15) is 0 Å². The van der Waals surface area contributed by atoms with Gasteiger partial charge in [0.15, 0.2) is 0 Å². The highest BCUT2D eigenvalue weighted by molar-refractivity contribution is 5.76. The Kier molecular flexibility index (Phi) is 7.56. The van der Waals surface area contributed by atoms with Crippen LogP contribution in [0.3, 0.4) is 0 Å². The Balaban J connectivity index is 1.57. The van der Waals surface area contributed by atoms with Gasteiger partial charge in [0.25, 0.3) is 0 Å². The number of likely N-dealkylation sites (tertiary alicyclic amines) is 1. The molecule has 1 aliphatic carbocycles. The van der Waals surface area contributed by atoms with Crippen molar-refractivity contribution in [3.63, 3.8) is 0 Å². The van der Waals surface area contributed by atoms with Gasteiger partial charge in [0, 0.05) is 32.1 Å². The van der Waals surface area contributed by atoms with E-state index in [-0.39, 0.29) is 0 Å². The second-order valence-corrected chi connectivity index (χ2v) is 7.01. The van der Waals surface area contributed by atoms with Crippen LogP contribution in [0, 0.1) is 5.92 Å². The van der Waals surface area contributed by atoms with Crippen molar-refractivity contribution >= 4 is 5.91 Å². The molecule has 0 spiro atoms. The van der Waals surface area contributed by atoms with E-state index in [0.29, 0.717) is 18.4 Å². The van der Waals surface area contributed by atoms with Gasteiger partial charge in [-0.2, -0.15) is 0 Å². The monoisotopic (exact) mass is 294 g/mol. The standard InChI is InChI=1S/C18H34N2O/c1-2-7-16-8-10-17(11-9-16)19-13-12-18(21)20-14-5-3-4-6-15-20/h16-17,19H,2-15H2,1H3. The van der Waals surface area contributed by atoms with Gasteiger partial charge < -0.3 is 10.2 Å². The van der Waals surface area contributed by atoms with Crippen molar-refractivity contribution in [3.8, 4) is 0 Å². The fraction of sp³-hybridized carbons (Fsp3) is 0.944. The third-order valence-corrected chi connectivity index (χ3v) is 5.27. The summed E-state index contributed by atoms with van der Waals surface area (Å²) < 4.78 is 0. The topological polar surface area (TPSA) is 32.3 Å². The van der Waals surface area contributed by atoms with E-state index >= 15 is 0 Å². The molecule has 3 heteroatoms. The van der Waals surface area contributed by atoms with Gasteiger partial charge in [-0.1, -0.05) is 32.6 Å². The summed E-state index contributed by atoms with van der Waals surface area (Å²) in [5.41, 5.74) is 0. The lowest BCUT2D eigenvalue weighted by molar-refractivity contribution is -0.131. The van der Waals surface area contributed by atoms with Gasteiger partial charge >= 0.3 is 0 Å². The average molecular weight is 294 g/mol. The van der Waals surface area contributed by atoms with E-state index in [1.807, 2.05) is 0 Å². The third-order valence-electron chi connectivity index (χ3n) is 5.27. The van der Waals surface area contributed by atoms with Crippen LogP contribution in [-0.4, -0.2) is 36.5 Å². The van der Waals surface area contributed by atoms with E-state index in [0.717, 1.165) is 25.6 Å². The first-order valence-electron chi connectivity index (χ1n) is 9.30. The van der Waals surface area contributed by atoms with Crippen molar-refractivity contribution in [3.05, 3.63) is 0 Å². The Labute approximate surface area is 130 Å². The SMILES string of the molecule is CCCC1CCC(NCCC(=O)N2CCCCCC2)CC1. The molecule has 1 amide bonds. The van der Waals surface area contributed by atoms with Gasteiger partial charge in [-0.25, -0.2) is 0 Å². The van der Waals surface area contributed by atoms with Crippen molar-refractivity contribution in [2.45, 2.75) is 83.6 Å². The quantitative estimate of drug-likeness (QED) is 0.809. The molecule has 1 saturated carbocycles. The van der Waals surface area contributed by atoms with Crippen LogP contribution < -0.4 is 5.32 Å². The largest absolute Gasteiger partial charge is 0.343 e. The van der Waals surface area contributed by atoms with Crippen molar-refractivity contribution in [2.24, 2.45) is 5.92 Å². The maximum absolute atomic E-state index is 12.2. The predicted molar refractivity (Wildman–Crippen MR) is 88.3 cm³/mol. The summed E-state index contributed by atoms with van der Waals surface area (Å²) in [6, 6.07) is 0.662. The number of nitrogens with one attached hydrogen (secondary N) is 1. The number of carbonyl (C=O) groups is 1. The molecule has 1 aliphatic heterocycles. The lowest BCUT2D eigenvalue weighted by atomic mass is 9.83. The number of hydrogen-bond donors (Lipinski definition) is 1. The average Bonchev–Trinajstić information content (AvgIpc) is 2.78. The third kappa shape index (κ3) is 5.98. The molecule has 2 fully saturated rings. The predicted octanol–water partition coefficient (Wildman–Crippen LogP) is 3.73. The van der Waals surface area contributed by atoms with Gasteiger partial charge in [-0.15, -0.1) is 0 Å². The second-order valence-electron chi connectivity index (χ2n) is 7.01. The minimum absolute atomic E-state index is 0.365. The maximum atomic E-state index is 12.2. The van der Waals surface area contributed by atoms with Crippen LogP contribution in [-0.2, 0) is 4.79 Å². The van der Waals surface area contributed by atoms with Crippen molar-refractivity contribution < 1.29 is 4.79 Å². The highest BCUT2D eigenvalue weighted by atomic mass is 16.2. The van der Waals surface area contributed by atoms with E-state index in [2.05, 4.69) is 17.1 Å². The molecular weight excluding hydrogens is 260 g/mol. The summed E-state index contributed by atoms with van der Waals surface area (Å²) in [5, 5.41) is 3.62. The maximum Gasteiger partial charge on any atom is 0.223 e. The van der Waals surface area contributed by atoms with Crippen LogP contribution in [0.25, 0.3) is 0 Å². The van der Waals surface area contributed by atoms with Crippen LogP contribution in [0.5, 0.6) is 0 Å². The number of amides is 1. The first-order valence-corrected chi connectivity index (χ1v) is 9.30. The molecule has 1 N–H and O–H groups in total. The molecule has 0 aromatic rings. The number of carbonyl (C=O) groups excluding carboxylic acids is 1.